The van der Waals surface area contributed by atoms with E-state index < -0.39 is 0 Å². The molecule has 2 aliphatic rings. The molecule has 0 saturated carbocycles. The molecule has 1 aromatic carbocycles. The van der Waals surface area contributed by atoms with Crippen LogP contribution < -0.4 is 9.64 Å². The number of aryl methyl sites for hydroxylation is 1. The number of nitrogens with zero attached hydrogens (tertiary/aromatic N) is 3. The van der Waals surface area contributed by atoms with Gasteiger partial charge in [0, 0.05) is 50.0 Å². The molecule has 0 radical (unpaired) electrons. The van der Waals surface area contributed by atoms with Crippen molar-refractivity contribution >= 4 is 11.4 Å². The number of nitro groups is 1. The summed E-state index contributed by atoms with van der Waals surface area (Å²) in [6.07, 6.45) is 2.38. The first-order chi connectivity index (χ1) is 11.3. The maximum absolute atomic E-state index is 11.1. The van der Waals surface area contributed by atoms with Gasteiger partial charge in [0.1, 0.15) is 0 Å². The van der Waals surface area contributed by atoms with Gasteiger partial charge in [0.05, 0.1) is 12.0 Å². The third kappa shape index (κ3) is 2.95. The molecule has 0 aromatic heterocycles. The number of anilines is 1. The Balaban J connectivity index is 1.72. The van der Waals surface area contributed by atoms with E-state index in [1.165, 1.54) is 33.0 Å². The lowest BCUT2D eigenvalue weighted by Crippen LogP contribution is -2.62. The van der Waals surface area contributed by atoms with E-state index in [9.17, 15) is 10.1 Å². The first-order valence-electron chi connectivity index (χ1n) is 8.67. The summed E-state index contributed by atoms with van der Waals surface area (Å²) in [6, 6.07) is 4.09. The van der Waals surface area contributed by atoms with Gasteiger partial charge in [-0.1, -0.05) is 0 Å². The number of benzene rings is 1. The fourth-order valence-electron chi connectivity index (χ4n) is 4.03. The number of methoxy groups -OCH3 is 1. The predicted molar refractivity (Wildman–Crippen MR) is 95.0 cm³/mol. The standard InChI is InChI=1S/C18H27N3O3/c1-13(2)20-11-18(12-20)5-7-19(8-6-18)15-10-17(24-4)16(21(22)23)9-14(15)3/h9-10,13H,5-8,11-12H2,1-4H3. The predicted octanol–water partition coefficient (Wildman–Crippen LogP) is 3.22. The second-order valence-corrected chi connectivity index (χ2v) is 7.55. The summed E-state index contributed by atoms with van der Waals surface area (Å²) in [6.45, 7) is 10.9. The maximum Gasteiger partial charge on any atom is 0.311 e. The van der Waals surface area contributed by atoms with Gasteiger partial charge in [0.2, 0.25) is 0 Å². The van der Waals surface area contributed by atoms with Gasteiger partial charge in [-0.25, -0.2) is 0 Å². The van der Waals surface area contributed by atoms with Gasteiger partial charge in [-0.3, -0.25) is 15.0 Å². The van der Waals surface area contributed by atoms with Crippen LogP contribution in [-0.4, -0.2) is 49.2 Å². The molecule has 2 saturated heterocycles. The summed E-state index contributed by atoms with van der Waals surface area (Å²) in [5.74, 6) is 0.343. The third-order valence-electron chi connectivity index (χ3n) is 5.67. The Labute approximate surface area is 143 Å². The Morgan fingerprint density at radius 1 is 1.25 bits per heavy atom. The highest BCUT2D eigenvalue weighted by Crippen LogP contribution is 2.43. The molecule has 0 atom stereocenters. The van der Waals surface area contributed by atoms with E-state index in [2.05, 4.69) is 23.6 Å². The van der Waals surface area contributed by atoms with E-state index in [0.717, 1.165) is 24.3 Å². The number of nitro benzene ring substituents is 1. The van der Waals surface area contributed by atoms with E-state index in [1.54, 1.807) is 6.07 Å². The molecule has 0 aliphatic carbocycles. The molecule has 0 amide bonds. The highest BCUT2D eigenvalue weighted by molar-refractivity contribution is 5.64. The largest absolute Gasteiger partial charge is 0.490 e. The molecule has 1 spiro atoms. The van der Waals surface area contributed by atoms with E-state index >= 15 is 0 Å². The Bertz CT molecular complexity index is 629. The van der Waals surface area contributed by atoms with Gasteiger partial charge in [-0.2, -0.15) is 0 Å². The summed E-state index contributed by atoms with van der Waals surface area (Å²) in [4.78, 5) is 15.7. The molecule has 2 fully saturated rings. The molecule has 6 nitrogen and oxygen atoms in total. The quantitative estimate of drug-likeness (QED) is 0.625. The molecule has 2 aliphatic heterocycles. The van der Waals surface area contributed by atoms with Crippen molar-refractivity contribution in [2.75, 3.05) is 38.2 Å². The second-order valence-electron chi connectivity index (χ2n) is 7.55. The molecule has 1 aromatic rings. The zero-order chi connectivity index (χ0) is 17.5. The number of piperidine rings is 1. The van der Waals surface area contributed by atoms with Crippen molar-refractivity contribution in [2.45, 2.75) is 39.7 Å². The smallest absolute Gasteiger partial charge is 0.311 e. The molecule has 132 valence electrons. The normalized spacial score (nSPS) is 20.3. The number of hydrogen-bond donors (Lipinski definition) is 0. The summed E-state index contributed by atoms with van der Waals surface area (Å²) in [5, 5.41) is 11.1. The van der Waals surface area contributed by atoms with Crippen LogP contribution in [0.4, 0.5) is 11.4 Å². The lowest BCUT2D eigenvalue weighted by molar-refractivity contribution is -0.385. The Morgan fingerprint density at radius 3 is 2.38 bits per heavy atom. The Morgan fingerprint density at radius 2 is 1.88 bits per heavy atom. The van der Waals surface area contributed by atoms with Crippen LogP contribution in [-0.2, 0) is 0 Å². The lowest BCUT2D eigenvalue weighted by Gasteiger charge is -2.56. The van der Waals surface area contributed by atoms with Crippen LogP contribution in [0, 0.1) is 22.5 Å². The summed E-state index contributed by atoms with van der Waals surface area (Å²) in [7, 11) is 1.49. The molecule has 0 bridgehead atoms. The fraction of sp³-hybridized carbons (Fsp3) is 0.667. The minimum atomic E-state index is -0.379. The molecular weight excluding hydrogens is 306 g/mol. The number of rotatable bonds is 4. The highest BCUT2D eigenvalue weighted by Gasteiger charge is 2.45. The average molecular weight is 333 g/mol. The van der Waals surface area contributed by atoms with Gasteiger partial charge >= 0.3 is 5.69 Å². The van der Waals surface area contributed by atoms with Crippen LogP contribution in [0.1, 0.15) is 32.3 Å². The lowest BCUT2D eigenvalue weighted by atomic mass is 9.71. The highest BCUT2D eigenvalue weighted by atomic mass is 16.6. The van der Waals surface area contributed by atoms with Gasteiger partial charge < -0.3 is 9.64 Å². The molecule has 24 heavy (non-hydrogen) atoms. The van der Waals surface area contributed by atoms with E-state index in [0.29, 0.717) is 17.2 Å². The van der Waals surface area contributed by atoms with Crippen molar-refractivity contribution < 1.29 is 9.66 Å². The van der Waals surface area contributed by atoms with Crippen LogP contribution >= 0.6 is 0 Å². The molecule has 2 heterocycles. The van der Waals surface area contributed by atoms with Gasteiger partial charge in [-0.15, -0.1) is 0 Å². The minimum absolute atomic E-state index is 0.0406. The number of likely N-dealkylation sites (tertiary alicyclic amines) is 1. The summed E-state index contributed by atoms with van der Waals surface area (Å²) in [5.41, 5.74) is 2.53. The number of hydrogen-bond acceptors (Lipinski definition) is 5. The van der Waals surface area contributed by atoms with Gasteiger partial charge in [-0.05, 0) is 44.6 Å². The van der Waals surface area contributed by atoms with Crippen LogP contribution in [0.25, 0.3) is 0 Å². The summed E-state index contributed by atoms with van der Waals surface area (Å²) >= 11 is 0. The maximum atomic E-state index is 11.1. The van der Waals surface area contributed by atoms with Crippen molar-refractivity contribution in [1.29, 1.82) is 0 Å². The third-order valence-corrected chi connectivity index (χ3v) is 5.67. The van der Waals surface area contributed by atoms with E-state index in [-0.39, 0.29) is 10.6 Å². The van der Waals surface area contributed by atoms with Gasteiger partial charge in [0.15, 0.2) is 5.75 Å². The van der Waals surface area contributed by atoms with Crippen LogP contribution in [0.3, 0.4) is 0 Å². The van der Waals surface area contributed by atoms with Crippen molar-refractivity contribution in [3.05, 3.63) is 27.8 Å². The Hall–Kier alpha value is -1.82. The van der Waals surface area contributed by atoms with Crippen molar-refractivity contribution in [3.8, 4) is 5.75 Å². The topological polar surface area (TPSA) is 58.8 Å². The SMILES string of the molecule is COc1cc(N2CCC3(CC2)CN(C(C)C)C3)c(C)cc1[N+](=O)[O-]. The van der Waals surface area contributed by atoms with Crippen LogP contribution in [0.5, 0.6) is 5.75 Å². The fourth-order valence-corrected chi connectivity index (χ4v) is 4.03. The van der Waals surface area contributed by atoms with Crippen LogP contribution in [0.15, 0.2) is 12.1 Å². The average Bonchev–Trinajstić information content (AvgIpc) is 2.52. The zero-order valence-electron chi connectivity index (χ0n) is 15.0. The first-order valence-corrected chi connectivity index (χ1v) is 8.67. The minimum Gasteiger partial charge on any atom is -0.490 e. The molecule has 3 rings (SSSR count). The molecular formula is C18H27N3O3. The molecule has 0 N–H and O–H groups in total. The van der Waals surface area contributed by atoms with Crippen LogP contribution in [0.2, 0.25) is 0 Å². The van der Waals surface area contributed by atoms with E-state index in [1.807, 2.05) is 13.0 Å². The number of ether oxygens (including phenoxy) is 1. The van der Waals surface area contributed by atoms with Gasteiger partial charge in [0.25, 0.3) is 0 Å². The monoisotopic (exact) mass is 333 g/mol. The van der Waals surface area contributed by atoms with E-state index in [4.69, 9.17) is 4.74 Å². The molecule has 0 unspecified atom stereocenters. The van der Waals surface area contributed by atoms with Crippen molar-refractivity contribution in [2.24, 2.45) is 5.41 Å². The van der Waals surface area contributed by atoms with Crippen molar-refractivity contribution in [3.63, 3.8) is 0 Å². The molecule has 6 heteroatoms. The first kappa shape index (κ1) is 17.0. The zero-order valence-corrected chi connectivity index (χ0v) is 15.0. The van der Waals surface area contributed by atoms with Crippen molar-refractivity contribution in [1.82, 2.24) is 4.90 Å². The summed E-state index contributed by atoms with van der Waals surface area (Å²) < 4.78 is 5.23. The second kappa shape index (κ2) is 6.24. The Kier molecular flexibility index (Phi) is 4.42.